The zero-order valence-corrected chi connectivity index (χ0v) is 25.0. The molecule has 2 aromatic rings. The Hall–Kier alpha value is -3.24. The SMILES string of the molecule is CS(=O)(=O)c1ccc(CN2C(=O)NC3(CCN(CC4CN(C(=O)C5CCCC5)CC4c4ccccc4)CC3)C2=O)cc1. The number of carbonyl (C=O) groups excluding carboxylic acids is 3. The minimum absolute atomic E-state index is 0.103. The van der Waals surface area contributed by atoms with Crippen LogP contribution in [-0.2, 0) is 26.0 Å². The lowest BCUT2D eigenvalue weighted by atomic mass is 9.85. The fraction of sp³-hybridized carbons (Fsp3) is 0.531. The van der Waals surface area contributed by atoms with Crippen LogP contribution in [0.25, 0.3) is 0 Å². The highest BCUT2D eigenvalue weighted by atomic mass is 32.2. The van der Waals surface area contributed by atoms with E-state index in [1.807, 2.05) is 6.07 Å². The Kier molecular flexibility index (Phi) is 7.87. The van der Waals surface area contributed by atoms with Gasteiger partial charge in [0.1, 0.15) is 5.54 Å². The zero-order chi connectivity index (χ0) is 29.5. The minimum atomic E-state index is -3.32. The minimum Gasteiger partial charge on any atom is -0.341 e. The van der Waals surface area contributed by atoms with Crippen molar-refractivity contribution in [2.75, 3.05) is 39.0 Å². The monoisotopic (exact) mass is 592 g/mol. The number of benzene rings is 2. The molecule has 6 rings (SSSR count). The number of imide groups is 1. The van der Waals surface area contributed by atoms with Crippen molar-refractivity contribution in [1.29, 1.82) is 0 Å². The van der Waals surface area contributed by atoms with Crippen LogP contribution in [0.15, 0.2) is 59.5 Å². The first kappa shape index (κ1) is 28.9. The first-order valence-electron chi connectivity index (χ1n) is 15.1. The summed E-state index contributed by atoms with van der Waals surface area (Å²) in [5.74, 6) is 0.874. The number of urea groups is 1. The molecule has 42 heavy (non-hydrogen) atoms. The number of rotatable bonds is 7. The van der Waals surface area contributed by atoms with Gasteiger partial charge in [0.25, 0.3) is 5.91 Å². The van der Waals surface area contributed by atoms with E-state index in [0.717, 1.165) is 51.6 Å². The van der Waals surface area contributed by atoms with Gasteiger partial charge in [-0.2, -0.15) is 0 Å². The first-order valence-corrected chi connectivity index (χ1v) is 17.0. The summed E-state index contributed by atoms with van der Waals surface area (Å²) in [7, 11) is -3.32. The number of amides is 4. The van der Waals surface area contributed by atoms with Gasteiger partial charge in [-0.25, -0.2) is 13.2 Å². The summed E-state index contributed by atoms with van der Waals surface area (Å²) < 4.78 is 23.5. The number of hydrogen-bond acceptors (Lipinski definition) is 6. The average molecular weight is 593 g/mol. The predicted molar refractivity (Wildman–Crippen MR) is 158 cm³/mol. The van der Waals surface area contributed by atoms with E-state index in [4.69, 9.17) is 0 Å². The van der Waals surface area contributed by atoms with E-state index in [2.05, 4.69) is 39.4 Å². The van der Waals surface area contributed by atoms with Crippen molar-refractivity contribution >= 4 is 27.7 Å². The third kappa shape index (κ3) is 5.71. The molecular formula is C32H40N4O5S. The first-order chi connectivity index (χ1) is 20.1. The molecule has 1 N–H and O–H groups in total. The standard InChI is InChI=1S/C32H40N4O5S/c1-42(40,41)27-13-11-23(12-14-27)19-36-30(38)32(33-31(36)39)15-17-34(18-16-32)20-26-21-35(29(37)25-9-5-6-10-25)22-28(26)24-7-3-2-4-8-24/h2-4,7-8,11-14,25-26,28H,5-6,9-10,15-22H2,1H3,(H,33,39). The number of hydrogen-bond donors (Lipinski definition) is 1. The summed E-state index contributed by atoms with van der Waals surface area (Å²) in [5.41, 5.74) is 1.07. The van der Waals surface area contributed by atoms with E-state index in [0.29, 0.717) is 43.3 Å². The highest BCUT2D eigenvalue weighted by Gasteiger charge is 2.52. The normalized spacial score (nSPS) is 25.0. The molecule has 4 fully saturated rings. The van der Waals surface area contributed by atoms with Gasteiger partial charge in [0.15, 0.2) is 9.84 Å². The van der Waals surface area contributed by atoms with Crippen LogP contribution in [0.2, 0.25) is 0 Å². The third-order valence-corrected chi connectivity index (χ3v) is 11.0. The Bertz CT molecular complexity index is 1430. The summed E-state index contributed by atoms with van der Waals surface area (Å²) in [4.78, 5) is 45.7. The molecule has 4 aliphatic rings. The van der Waals surface area contributed by atoms with Crippen molar-refractivity contribution < 1.29 is 22.8 Å². The lowest BCUT2D eigenvalue weighted by molar-refractivity contribution is -0.135. The number of piperidine rings is 1. The van der Waals surface area contributed by atoms with Crippen LogP contribution in [0.3, 0.4) is 0 Å². The highest BCUT2D eigenvalue weighted by Crippen LogP contribution is 2.38. The van der Waals surface area contributed by atoms with Gasteiger partial charge in [-0.05, 0) is 54.9 Å². The summed E-state index contributed by atoms with van der Waals surface area (Å²) in [6.45, 7) is 3.86. The second kappa shape index (κ2) is 11.4. The van der Waals surface area contributed by atoms with Gasteiger partial charge in [0, 0.05) is 50.8 Å². The molecule has 3 heterocycles. The Balaban J connectivity index is 1.09. The van der Waals surface area contributed by atoms with Crippen LogP contribution < -0.4 is 5.32 Å². The molecule has 1 saturated carbocycles. The quantitative estimate of drug-likeness (QED) is 0.494. The van der Waals surface area contributed by atoms with Gasteiger partial charge >= 0.3 is 6.03 Å². The average Bonchev–Trinajstić information content (AvgIpc) is 3.71. The molecule has 224 valence electrons. The van der Waals surface area contributed by atoms with Crippen molar-refractivity contribution in [3.63, 3.8) is 0 Å². The van der Waals surface area contributed by atoms with Gasteiger partial charge in [0.2, 0.25) is 5.91 Å². The smallest absolute Gasteiger partial charge is 0.325 e. The van der Waals surface area contributed by atoms with E-state index in [-0.39, 0.29) is 29.2 Å². The molecule has 9 nitrogen and oxygen atoms in total. The van der Waals surface area contributed by atoms with E-state index in [9.17, 15) is 22.8 Å². The molecule has 0 aromatic heterocycles. The summed E-state index contributed by atoms with van der Waals surface area (Å²) in [5, 5.41) is 2.99. The number of nitrogens with zero attached hydrogens (tertiary/aromatic N) is 3. The number of nitrogens with one attached hydrogen (secondary N) is 1. The highest BCUT2D eigenvalue weighted by molar-refractivity contribution is 7.90. The fourth-order valence-electron chi connectivity index (χ4n) is 7.38. The summed E-state index contributed by atoms with van der Waals surface area (Å²) in [6, 6.07) is 16.4. The number of carbonyl (C=O) groups is 3. The number of likely N-dealkylation sites (tertiary alicyclic amines) is 2. The van der Waals surface area contributed by atoms with Crippen LogP contribution in [-0.4, -0.2) is 85.5 Å². The molecule has 10 heteroatoms. The van der Waals surface area contributed by atoms with Gasteiger partial charge in [0.05, 0.1) is 11.4 Å². The molecule has 1 spiro atoms. The maximum atomic E-state index is 13.5. The van der Waals surface area contributed by atoms with E-state index >= 15 is 0 Å². The van der Waals surface area contributed by atoms with Crippen LogP contribution in [0, 0.1) is 11.8 Å². The maximum absolute atomic E-state index is 13.5. The van der Waals surface area contributed by atoms with E-state index in [1.54, 1.807) is 12.1 Å². The Morgan fingerprint density at radius 1 is 0.952 bits per heavy atom. The van der Waals surface area contributed by atoms with Crippen molar-refractivity contribution in [2.24, 2.45) is 11.8 Å². The zero-order valence-electron chi connectivity index (χ0n) is 24.2. The molecule has 2 aromatic carbocycles. The predicted octanol–water partition coefficient (Wildman–Crippen LogP) is 3.41. The van der Waals surface area contributed by atoms with Crippen molar-refractivity contribution in [1.82, 2.24) is 20.0 Å². The van der Waals surface area contributed by atoms with Crippen molar-refractivity contribution in [3.05, 3.63) is 65.7 Å². The molecule has 4 amide bonds. The lowest BCUT2D eigenvalue weighted by Crippen LogP contribution is -2.55. The van der Waals surface area contributed by atoms with Crippen LogP contribution in [0.4, 0.5) is 4.79 Å². The van der Waals surface area contributed by atoms with Gasteiger partial charge < -0.3 is 15.1 Å². The molecule has 3 aliphatic heterocycles. The second-order valence-corrected chi connectivity index (χ2v) is 14.6. The number of sulfone groups is 1. The van der Waals surface area contributed by atoms with Gasteiger partial charge in [-0.1, -0.05) is 55.3 Å². The van der Waals surface area contributed by atoms with Crippen molar-refractivity contribution in [2.45, 2.75) is 61.4 Å². The fourth-order valence-corrected chi connectivity index (χ4v) is 8.01. The molecular weight excluding hydrogens is 552 g/mol. The summed E-state index contributed by atoms with van der Waals surface area (Å²) in [6.07, 6.45) is 6.53. The molecule has 0 radical (unpaired) electrons. The molecule has 0 bridgehead atoms. The van der Waals surface area contributed by atoms with Gasteiger partial charge in [-0.3, -0.25) is 14.5 Å². The Labute approximate surface area is 248 Å². The van der Waals surface area contributed by atoms with Gasteiger partial charge in [-0.15, -0.1) is 0 Å². The van der Waals surface area contributed by atoms with E-state index < -0.39 is 21.4 Å². The molecule has 2 unspecified atom stereocenters. The molecule has 2 atom stereocenters. The largest absolute Gasteiger partial charge is 0.341 e. The van der Waals surface area contributed by atoms with Crippen LogP contribution in [0.5, 0.6) is 0 Å². The topological polar surface area (TPSA) is 107 Å². The molecule has 3 saturated heterocycles. The van der Waals surface area contributed by atoms with Crippen LogP contribution >= 0.6 is 0 Å². The second-order valence-electron chi connectivity index (χ2n) is 12.6. The van der Waals surface area contributed by atoms with Crippen LogP contribution in [0.1, 0.15) is 55.6 Å². The Morgan fingerprint density at radius 2 is 1.62 bits per heavy atom. The Morgan fingerprint density at radius 3 is 2.26 bits per heavy atom. The maximum Gasteiger partial charge on any atom is 0.325 e. The molecule has 1 aliphatic carbocycles. The third-order valence-electron chi connectivity index (χ3n) is 9.83. The summed E-state index contributed by atoms with van der Waals surface area (Å²) >= 11 is 0. The lowest BCUT2D eigenvalue weighted by Gasteiger charge is -2.38. The van der Waals surface area contributed by atoms with Crippen molar-refractivity contribution in [3.8, 4) is 0 Å². The van der Waals surface area contributed by atoms with E-state index in [1.165, 1.54) is 22.6 Å².